The van der Waals surface area contributed by atoms with Gasteiger partial charge >= 0.3 is 0 Å². The number of aliphatic hydroxyl groups is 1. The van der Waals surface area contributed by atoms with Crippen LogP contribution in [0.4, 0.5) is 0 Å². The summed E-state index contributed by atoms with van der Waals surface area (Å²) in [7, 11) is 0. The van der Waals surface area contributed by atoms with E-state index in [4.69, 9.17) is 0 Å². The molecule has 92 valence electrons. The summed E-state index contributed by atoms with van der Waals surface area (Å²) in [5, 5.41) is 13.3. The zero-order chi connectivity index (χ0) is 11.0. The van der Waals surface area contributed by atoms with E-state index in [0.717, 1.165) is 32.6 Å². The maximum atomic E-state index is 9.93. The second-order valence-corrected chi connectivity index (χ2v) is 5.44. The number of hydrogen-bond donors (Lipinski definition) is 2. The lowest BCUT2D eigenvalue weighted by atomic mass is 9.87. The number of fused-ring (bicyclic) bond motifs is 1. The summed E-state index contributed by atoms with van der Waals surface area (Å²) in [6, 6.07) is 0.621. The van der Waals surface area contributed by atoms with E-state index in [1.54, 1.807) is 0 Å². The van der Waals surface area contributed by atoms with E-state index in [-0.39, 0.29) is 5.54 Å². The van der Waals surface area contributed by atoms with Crippen molar-refractivity contribution in [2.24, 2.45) is 0 Å². The second-order valence-electron chi connectivity index (χ2n) is 5.44. The first-order chi connectivity index (χ1) is 7.87. The molecule has 0 spiro atoms. The molecule has 2 atom stereocenters. The summed E-state index contributed by atoms with van der Waals surface area (Å²) in [5.41, 5.74) is 0.0819. The Morgan fingerprint density at radius 1 is 1.19 bits per heavy atom. The fraction of sp³-hybridized carbons (Fsp3) is 1.00. The van der Waals surface area contributed by atoms with Gasteiger partial charge in [-0.1, -0.05) is 0 Å². The van der Waals surface area contributed by atoms with Crippen LogP contribution in [0.3, 0.4) is 0 Å². The molecule has 16 heavy (non-hydrogen) atoms. The van der Waals surface area contributed by atoms with Crippen molar-refractivity contribution in [3.8, 4) is 0 Å². The Hall–Kier alpha value is -0.160. The van der Waals surface area contributed by atoms with Crippen molar-refractivity contribution in [2.75, 3.05) is 45.9 Å². The third kappa shape index (κ3) is 1.51. The predicted octanol–water partition coefficient (Wildman–Crippen LogP) is -0.509. The van der Waals surface area contributed by atoms with Gasteiger partial charge in [0.2, 0.25) is 0 Å². The van der Waals surface area contributed by atoms with Crippen LogP contribution in [0, 0.1) is 0 Å². The first-order valence-corrected chi connectivity index (χ1v) is 6.67. The molecule has 3 fully saturated rings. The molecule has 0 saturated carbocycles. The van der Waals surface area contributed by atoms with Crippen LogP contribution in [-0.4, -0.2) is 72.4 Å². The Balaban J connectivity index is 1.81. The SMILES string of the molecule is OCC1(N2CCNCC2)CCN2CCCC21. The van der Waals surface area contributed by atoms with Crippen molar-refractivity contribution in [1.82, 2.24) is 15.1 Å². The van der Waals surface area contributed by atoms with Crippen molar-refractivity contribution in [3.63, 3.8) is 0 Å². The van der Waals surface area contributed by atoms with Gasteiger partial charge in [0.1, 0.15) is 0 Å². The normalized spacial score (nSPS) is 41.4. The average molecular weight is 225 g/mol. The number of rotatable bonds is 2. The third-order valence-corrected chi connectivity index (χ3v) is 4.84. The highest BCUT2D eigenvalue weighted by atomic mass is 16.3. The highest BCUT2D eigenvalue weighted by Crippen LogP contribution is 2.39. The van der Waals surface area contributed by atoms with Crippen molar-refractivity contribution in [1.29, 1.82) is 0 Å². The zero-order valence-corrected chi connectivity index (χ0v) is 9.99. The third-order valence-electron chi connectivity index (χ3n) is 4.84. The topological polar surface area (TPSA) is 38.7 Å². The molecule has 0 radical (unpaired) electrons. The van der Waals surface area contributed by atoms with Crippen LogP contribution in [-0.2, 0) is 0 Å². The van der Waals surface area contributed by atoms with Crippen LogP contribution >= 0.6 is 0 Å². The predicted molar refractivity (Wildman–Crippen MR) is 63.5 cm³/mol. The largest absolute Gasteiger partial charge is 0.394 e. The lowest BCUT2D eigenvalue weighted by molar-refractivity contribution is 0.00121. The van der Waals surface area contributed by atoms with Gasteiger partial charge in [0.15, 0.2) is 0 Å². The van der Waals surface area contributed by atoms with Gasteiger partial charge in [-0.25, -0.2) is 0 Å². The summed E-state index contributed by atoms with van der Waals surface area (Å²) in [6.07, 6.45) is 3.76. The lowest BCUT2D eigenvalue weighted by Crippen LogP contribution is -2.62. The number of nitrogens with zero attached hydrogens (tertiary/aromatic N) is 2. The molecule has 2 N–H and O–H groups in total. The minimum absolute atomic E-state index is 0.0819. The molecule has 4 nitrogen and oxygen atoms in total. The Morgan fingerprint density at radius 2 is 2.00 bits per heavy atom. The summed E-state index contributed by atoms with van der Waals surface area (Å²) in [6.45, 7) is 7.14. The zero-order valence-electron chi connectivity index (χ0n) is 9.99. The van der Waals surface area contributed by atoms with Crippen LogP contribution in [0.1, 0.15) is 19.3 Å². The van der Waals surface area contributed by atoms with E-state index >= 15 is 0 Å². The summed E-state index contributed by atoms with van der Waals surface area (Å²) >= 11 is 0. The van der Waals surface area contributed by atoms with Crippen LogP contribution in [0.5, 0.6) is 0 Å². The quantitative estimate of drug-likeness (QED) is 0.664. The maximum Gasteiger partial charge on any atom is 0.0631 e. The maximum absolute atomic E-state index is 9.93. The fourth-order valence-electron chi connectivity index (χ4n) is 3.97. The lowest BCUT2D eigenvalue weighted by Gasteiger charge is -2.46. The molecule has 0 aromatic heterocycles. The number of nitrogens with one attached hydrogen (secondary N) is 1. The molecule has 0 amide bonds. The molecule has 0 aromatic carbocycles. The van der Waals surface area contributed by atoms with Gasteiger partial charge in [-0.05, 0) is 25.8 Å². The van der Waals surface area contributed by atoms with E-state index in [2.05, 4.69) is 15.1 Å². The Labute approximate surface area is 97.6 Å². The van der Waals surface area contributed by atoms with Crippen molar-refractivity contribution in [3.05, 3.63) is 0 Å². The highest BCUT2D eigenvalue weighted by molar-refractivity contribution is 5.09. The van der Waals surface area contributed by atoms with Gasteiger partial charge in [0.05, 0.1) is 12.1 Å². The highest BCUT2D eigenvalue weighted by Gasteiger charge is 2.52. The van der Waals surface area contributed by atoms with Crippen molar-refractivity contribution < 1.29 is 5.11 Å². The van der Waals surface area contributed by atoms with E-state index in [9.17, 15) is 5.11 Å². The van der Waals surface area contributed by atoms with Crippen LogP contribution < -0.4 is 5.32 Å². The first kappa shape index (κ1) is 11.0. The van der Waals surface area contributed by atoms with Crippen molar-refractivity contribution in [2.45, 2.75) is 30.8 Å². The first-order valence-electron chi connectivity index (χ1n) is 6.67. The fourth-order valence-corrected chi connectivity index (χ4v) is 3.97. The molecule has 3 aliphatic heterocycles. The number of hydrogen-bond acceptors (Lipinski definition) is 4. The average Bonchev–Trinajstić information content (AvgIpc) is 2.92. The van der Waals surface area contributed by atoms with Gasteiger partial charge in [-0.3, -0.25) is 9.80 Å². The molecular formula is C12H23N3O. The van der Waals surface area contributed by atoms with Crippen LogP contribution in [0.25, 0.3) is 0 Å². The Kier molecular flexibility index (Phi) is 2.92. The number of piperazine rings is 1. The molecule has 3 heterocycles. The Bertz CT molecular complexity index is 255. The van der Waals surface area contributed by atoms with Gasteiger partial charge in [0.25, 0.3) is 0 Å². The molecule has 2 unspecified atom stereocenters. The van der Waals surface area contributed by atoms with E-state index in [1.807, 2.05) is 0 Å². The molecule has 0 aliphatic carbocycles. The van der Waals surface area contributed by atoms with Crippen LogP contribution in [0.2, 0.25) is 0 Å². The number of aliphatic hydroxyl groups excluding tert-OH is 1. The van der Waals surface area contributed by atoms with Gasteiger partial charge in [-0.15, -0.1) is 0 Å². The minimum Gasteiger partial charge on any atom is -0.394 e. The second kappa shape index (κ2) is 4.26. The van der Waals surface area contributed by atoms with Gasteiger partial charge < -0.3 is 10.4 Å². The monoisotopic (exact) mass is 225 g/mol. The van der Waals surface area contributed by atoms with E-state index < -0.39 is 0 Å². The van der Waals surface area contributed by atoms with Crippen molar-refractivity contribution >= 4 is 0 Å². The molecule has 3 saturated heterocycles. The molecule has 4 heteroatoms. The molecule has 3 rings (SSSR count). The summed E-state index contributed by atoms with van der Waals surface area (Å²) < 4.78 is 0. The summed E-state index contributed by atoms with van der Waals surface area (Å²) in [5.74, 6) is 0. The molecule has 0 bridgehead atoms. The summed E-state index contributed by atoms with van der Waals surface area (Å²) in [4.78, 5) is 5.15. The van der Waals surface area contributed by atoms with E-state index in [0.29, 0.717) is 12.6 Å². The smallest absolute Gasteiger partial charge is 0.0631 e. The Morgan fingerprint density at radius 3 is 2.75 bits per heavy atom. The molecule has 0 aromatic rings. The molecular weight excluding hydrogens is 202 g/mol. The van der Waals surface area contributed by atoms with Gasteiger partial charge in [0, 0.05) is 38.8 Å². The van der Waals surface area contributed by atoms with E-state index in [1.165, 1.54) is 25.9 Å². The standard InChI is InChI=1S/C12H23N3O/c16-10-12(15-8-4-13-5-9-15)3-7-14-6-1-2-11(12)14/h11,13,16H,1-10H2. The minimum atomic E-state index is 0.0819. The van der Waals surface area contributed by atoms with Gasteiger partial charge in [-0.2, -0.15) is 0 Å². The van der Waals surface area contributed by atoms with Crippen LogP contribution in [0.15, 0.2) is 0 Å². The molecule has 3 aliphatic rings.